The zero-order valence-electron chi connectivity index (χ0n) is 9.32. The first-order valence-electron chi connectivity index (χ1n) is 5.05. The standard InChI is InChI=1S/C9H17NO2.CH4O/c1-3-12-7-9-5-4-6-10(9)8(2)11;1-2/h9H,3-7H2,1-2H3;2H,1H3/t9-;/m0./s1. The highest BCUT2D eigenvalue weighted by Gasteiger charge is 2.25. The van der Waals surface area contributed by atoms with Crippen molar-refractivity contribution >= 4 is 5.91 Å². The molecule has 14 heavy (non-hydrogen) atoms. The molecule has 0 aromatic carbocycles. The lowest BCUT2D eigenvalue weighted by atomic mass is 10.2. The molecule has 1 aliphatic heterocycles. The molecule has 84 valence electrons. The third-order valence-electron chi connectivity index (χ3n) is 2.30. The van der Waals surface area contributed by atoms with Crippen LogP contribution < -0.4 is 0 Å². The summed E-state index contributed by atoms with van der Waals surface area (Å²) in [7, 11) is 1.00. The van der Waals surface area contributed by atoms with Gasteiger partial charge in [-0.05, 0) is 19.8 Å². The summed E-state index contributed by atoms with van der Waals surface area (Å²) in [4.78, 5) is 13.0. The second kappa shape index (κ2) is 7.76. The van der Waals surface area contributed by atoms with E-state index in [1.54, 1.807) is 6.92 Å². The quantitative estimate of drug-likeness (QED) is 0.732. The van der Waals surface area contributed by atoms with Gasteiger partial charge in [-0.25, -0.2) is 0 Å². The molecular weight excluding hydrogens is 182 g/mol. The van der Waals surface area contributed by atoms with Gasteiger partial charge in [0, 0.05) is 27.2 Å². The smallest absolute Gasteiger partial charge is 0.219 e. The molecule has 0 saturated carbocycles. The second-order valence-corrected chi connectivity index (χ2v) is 3.17. The first kappa shape index (κ1) is 13.4. The van der Waals surface area contributed by atoms with Gasteiger partial charge in [0.1, 0.15) is 0 Å². The molecule has 0 spiro atoms. The minimum atomic E-state index is 0.178. The van der Waals surface area contributed by atoms with Gasteiger partial charge in [-0.15, -0.1) is 0 Å². The minimum Gasteiger partial charge on any atom is -0.400 e. The second-order valence-electron chi connectivity index (χ2n) is 3.17. The summed E-state index contributed by atoms with van der Waals surface area (Å²) in [6.07, 6.45) is 2.22. The minimum absolute atomic E-state index is 0.178. The van der Waals surface area contributed by atoms with E-state index in [1.807, 2.05) is 11.8 Å². The summed E-state index contributed by atoms with van der Waals surface area (Å²) in [5.41, 5.74) is 0. The Kier molecular flexibility index (Phi) is 7.42. The maximum Gasteiger partial charge on any atom is 0.219 e. The van der Waals surface area contributed by atoms with Crippen molar-refractivity contribution < 1.29 is 14.6 Å². The van der Waals surface area contributed by atoms with E-state index in [4.69, 9.17) is 9.84 Å². The van der Waals surface area contributed by atoms with E-state index >= 15 is 0 Å². The molecule has 1 heterocycles. The largest absolute Gasteiger partial charge is 0.400 e. The highest BCUT2D eigenvalue weighted by molar-refractivity contribution is 5.73. The summed E-state index contributed by atoms with van der Waals surface area (Å²) in [5.74, 6) is 0.178. The Labute approximate surface area is 85.9 Å². The van der Waals surface area contributed by atoms with Crippen molar-refractivity contribution in [1.29, 1.82) is 0 Å². The maximum absolute atomic E-state index is 11.1. The molecule has 4 heteroatoms. The molecule has 0 aromatic rings. The van der Waals surface area contributed by atoms with Gasteiger partial charge in [0.15, 0.2) is 0 Å². The predicted octanol–water partition coefficient (Wildman–Crippen LogP) is 0.642. The molecule has 1 N–H and O–H groups in total. The number of hydrogen-bond acceptors (Lipinski definition) is 3. The Hall–Kier alpha value is -0.610. The number of aliphatic hydroxyl groups excluding tert-OH is 1. The summed E-state index contributed by atoms with van der Waals surface area (Å²) >= 11 is 0. The number of hydrogen-bond donors (Lipinski definition) is 1. The number of amides is 1. The molecular formula is C10H21NO3. The van der Waals surface area contributed by atoms with Crippen molar-refractivity contribution in [2.24, 2.45) is 0 Å². The van der Waals surface area contributed by atoms with Crippen molar-refractivity contribution in [3.05, 3.63) is 0 Å². The first-order valence-corrected chi connectivity index (χ1v) is 5.05. The molecule has 0 unspecified atom stereocenters. The van der Waals surface area contributed by atoms with Crippen LogP contribution in [0.4, 0.5) is 0 Å². The van der Waals surface area contributed by atoms with Gasteiger partial charge in [-0.1, -0.05) is 0 Å². The van der Waals surface area contributed by atoms with Gasteiger partial charge in [0.2, 0.25) is 5.91 Å². The number of carbonyl (C=O) groups excluding carboxylic acids is 1. The average Bonchev–Trinajstić information content (AvgIpc) is 2.66. The van der Waals surface area contributed by atoms with Crippen LogP contribution in [0.25, 0.3) is 0 Å². The van der Waals surface area contributed by atoms with Gasteiger partial charge in [0.05, 0.1) is 12.6 Å². The molecule has 1 aliphatic rings. The Morgan fingerprint density at radius 2 is 2.21 bits per heavy atom. The number of ether oxygens (including phenoxy) is 1. The maximum atomic E-state index is 11.1. The fourth-order valence-corrected chi connectivity index (χ4v) is 1.68. The monoisotopic (exact) mass is 203 g/mol. The third-order valence-corrected chi connectivity index (χ3v) is 2.30. The topological polar surface area (TPSA) is 49.8 Å². The van der Waals surface area contributed by atoms with Crippen molar-refractivity contribution in [2.45, 2.75) is 32.7 Å². The molecule has 1 fully saturated rings. The van der Waals surface area contributed by atoms with E-state index in [0.717, 1.165) is 33.1 Å². The molecule has 0 radical (unpaired) electrons. The molecule has 1 rings (SSSR count). The summed E-state index contributed by atoms with van der Waals surface area (Å²) in [6.45, 7) is 5.96. The molecule has 1 amide bonds. The third kappa shape index (κ3) is 4.07. The van der Waals surface area contributed by atoms with Crippen LogP contribution in [-0.4, -0.2) is 48.8 Å². The fraction of sp³-hybridized carbons (Fsp3) is 0.900. The molecule has 4 nitrogen and oxygen atoms in total. The van der Waals surface area contributed by atoms with Gasteiger partial charge in [0.25, 0.3) is 0 Å². The zero-order valence-corrected chi connectivity index (χ0v) is 9.32. The van der Waals surface area contributed by atoms with E-state index in [9.17, 15) is 4.79 Å². The summed E-state index contributed by atoms with van der Waals surface area (Å²) in [5, 5.41) is 7.00. The van der Waals surface area contributed by atoms with Gasteiger partial charge >= 0.3 is 0 Å². The molecule has 0 bridgehead atoms. The summed E-state index contributed by atoms with van der Waals surface area (Å²) < 4.78 is 5.30. The van der Waals surface area contributed by atoms with E-state index in [0.29, 0.717) is 12.6 Å². The lowest BCUT2D eigenvalue weighted by Gasteiger charge is -2.22. The number of aliphatic hydroxyl groups is 1. The lowest BCUT2D eigenvalue weighted by molar-refractivity contribution is -0.130. The van der Waals surface area contributed by atoms with Gasteiger partial charge in [-0.3, -0.25) is 4.79 Å². The van der Waals surface area contributed by atoms with E-state index < -0.39 is 0 Å². The van der Waals surface area contributed by atoms with Crippen molar-refractivity contribution in [1.82, 2.24) is 4.90 Å². The lowest BCUT2D eigenvalue weighted by Crippen LogP contribution is -2.36. The number of carbonyl (C=O) groups is 1. The highest BCUT2D eigenvalue weighted by Crippen LogP contribution is 2.17. The van der Waals surface area contributed by atoms with Crippen LogP contribution in [0.15, 0.2) is 0 Å². The van der Waals surface area contributed by atoms with Crippen LogP contribution in [0.1, 0.15) is 26.7 Å². The fourth-order valence-electron chi connectivity index (χ4n) is 1.68. The van der Waals surface area contributed by atoms with Crippen LogP contribution in [0.5, 0.6) is 0 Å². The Morgan fingerprint density at radius 1 is 1.57 bits per heavy atom. The molecule has 1 saturated heterocycles. The van der Waals surface area contributed by atoms with E-state index in [1.165, 1.54) is 0 Å². The summed E-state index contributed by atoms with van der Waals surface area (Å²) in [6, 6.07) is 0.336. The van der Waals surface area contributed by atoms with Crippen LogP contribution >= 0.6 is 0 Å². The molecule has 0 aliphatic carbocycles. The average molecular weight is 203 g/mol. The molecule has 1 atom stereocenters. The van der Waals surface area contributed by atoms with Gasteiger partial charge in [-0.2, -0.15) is 0 Å². The Morgan fingerprint density at radius 3 is 2.71 bits per heavy atom. The van der Waals surface area contributed by atoms with Crippen molar-refractivity contribution in [3.8, 4) is 0 Å². The van der Waals surface area contributed by atoms with Crippen LogP contribution in [0, 0.1) is 0 Å². The highest BCUT2D eigenvalue weighted by atomic mass is 16.5. The van der Waals surface area contributed by atoms with Gasteiger partial charge < -0.3 is 14.7 Å². The number of rotatable bonds is 3. The Balaban J connectivity index is 0.000000791. The first-order chi connectivity index (χ1) is 6.75. The SMILES string of the molecule is CCOC[C@@H]1CCCN1C(C)=O.CO. The van der Waals surface area contributed by atoms with E-state index in [-0.39, 0.29) is 5.91 Å². The number of likely N-dealkylation sites (tertiary alicyclic amines) is 1. The van der Waals surface area contributed by atoms with Crippen LogP contribution in [0.3, 0.4) is 0 Å². The van der Waals surface area contributed by atoms with E-state index in [2.05, 4.69) is 0 Å². The normalized spacial score (nSPS) is 20.3. The van der Waals surface area contributed by atoms with Crippen molar-refractivity contribution in [2.75, 3.05) is 26.9 Å². The zero-order chi connectivity index (χ0) is 11.0. The Bertz CT molecular complexity index is 161. The van der Waals surface area contributed by atoms with Crippen LogP contribution in [0.2, 0.25) is 0 Å². The molecule has 0 aromatic heterocycles. The predicted molar refractivity (Wildman–Crippen MR) is 55.0 cm³/mol. The van der Waals surface area contributed by atoms with Crippen molar-refractivity contribution in [3.63, 3.8) is 0 Å². The van der Waals surface area contributed by atoms with Crippen LogP contribution in [-0.2, 0) is 9.53 Å². The number of nitrogens with zero attached hydrogens (tertiary/aromatic N) is 1.